The molecule has 0 spiro atoms. The summed E-state index contributed by atoms with van der Waals surface area (Å²) < 4.78 is 10.2. The number of aromatic amines is 1. The first kappa shape index (κ1) is 11.5. The third-order valence-corrected chi connectivity index (χ3v) is 2.68. The maximum Gasteiger partial charge on any atom is 0.360 e. The van der Waals surface area contributed by atoms with Crippen molar-refractivity contribution in [3.05, 3.63) is 36.5 Å². The van der Waals surface area contributed by atoms with Gasteiger partial charge in [-0.25, -0.2) is 14.8 Å². The number of nitrogens with zero attached hydrogens (tertiary/aromatic N) is 2. The monoisotopic (exact) mass is 257 g/mol. The molecule has 3 heterocycles. The van der Waals surface area contributed by atoms with Crippen LogP contribution in [-0.2, 0) is 4.74 Å². The van der Waals surface area contributed by atoms with Crippen LogP contribution >= 0.6 is 0 Å². The Morgan fingerprint density at radius 1 is 1.47 bits per heavy atom. The standard InChI is InChI=1S/C13H11N3O3/c1-2-18-13(17)10-7-19-12(16-10)9-4-6-15-11-8(9)3-5-14-11/h3-7H,2H2,1H3,(H,14,15). The van der Waals surface area contributed by atoms with Crippen LogP contribution in [0.3, 0.4) is 0 Å². The van der Waals surface area contributed by atoms with E-state index in [0.29, 0.717) is 12.5 Å². The van der Waals surface area contributed by atoms with Crippen molar-refractivity contribution in [2.45, 2.75) is 6.92 Å². The van der Waals surface area contributed by atoms with Gasteiger partial charge in [0.1, 0.15) is 11.9 Å². The van der Waals surface area contributed by atoms with Crippen LogP contribution in [0.15, 0.2) is 35.2 Å². The molecule has 1 N–H and O–H groups in total. The number of carbonyl (C=O) groups excluding carboxylic acids is 1. The van der Waals surface area contributed by atoms with Crippen LogP contribution in [0.25, 0.3) is 22.5 Å². The maximum absolute atomic E-state index is 11.5. The van der Waals surface area contributed by atoms with E-state index in [2.05, 4.69) is 15.0 Å². The van der Waals surface area contributed by atoms with Crippen LogP contribution in [0, 0.1) is 0 Å². The number of H-pyrrole nitrogens is 1. The number of hydrogen-bond donors (Lipinski definition) is 1. The summed E-state index contributed by atoms with van der Waals surface area (Å²) in [6.45, 7) is 2.05. The number of ether oxygens (including phenoxy) is 1. The van der Waals surface area contributed by atoms with E-state index in [4.69, 9.17) is 9.15 Å². The highest BCUT2D eigenvalue weighted by atomic mass is 16.5. The molecule has 3 rings (SSSR count). The molecule has 6 heteroatoms. The van der Waals surface area contributed by atoms with E-state index < -0.39 is 5.97 Å². The lowest BCUT2D eigenvalue weighted by molar-refractivity contribution is 0.0519. The number of carbonyl (C=O) groups is 1. The first-order valence-electron chi connectivity index (χ1n) is 5.84. The minimum absolute atomic E-state index is 0.164. The summed E-state index contributed by atoms with van der Waals surface area (Å²) in [5.41, 5.74) is 1.69. The minimum atomic E-state index is -0.489. The molecular weight excluding hydrogens is 246 g/mol. The van der Waals surface area contributed by atoms with E-state index in [9.17, 15) is 4.79 Å². The Labute approximate surface area is 108 Å². The third-order valence-electron chi connectivity index (χ3n) is 2.68. The van der Waals surface area contributed by atoms with Crippen molar-refractivity contribution in [3.8, 4) is 11.5 Å². The molecule has 0 aliphatic heterocycles. The Morgan fingerprint density at radius 3 is 3.21 bits per heavy atom. The average molecular weight is 257 g/mol. The zero-order valence-electron chi connectivity index (χ0n) is 10.2. The molecule has 0 fully saturated rings. The molecule has 3 aromatic rings. The van der Waals surface area contributed by atoms with Gasteiger partial charge in [0.15, 0.2) is 5.69 Å². The van der Waals surface area contributed by atoms with Gasteiger partial charge in [-0.3, -0.25) is 0 Å². The first-order valence-corrected chi connectivity index (χ1v) is 5.84. The molecule has 0 atom stereocenters. The van der Waals surface area contributed by atoms with Crippen molar-refractivity contribution in [2.24, 2.45) is 0 Å². The van der Waals surface area contributed by atoms with E-state index in [1.807, 2.05) is 6.07 Å². The van der Waals surface area contributed by atoms with Crippen molar-refractivity contribution >= 4 is 17.0 Å². The number of esters is 1. The molecule has 0 aromatic carbocycles. The van der Waals surface area contributed by atoms with Gasteiger partial charge >= 0.3 is 5.97 Å². The number of hydrogen-bond acceptors (Lipinski definition) is 5. The average Bonchev–Trinajstić information content (AvgIpc) is 3.07. The fourth-order valence-electron chi connectivity index (χ4n) is 1.84. The summed E-state index contributed by atoms with van der Waals surface area (Å²) in [5.74, 6) is -0.119. The number of nitrogens with one attached hydrogen (secondary N) is 1. The predicted molar refractivity (Wildman–Crippen MR) is 67.5 cm³/mol. The Morgan fingerprint density at radius 2 is 2.37 bits per heavy atom. The van der Waals surface area contributed by atoms with E-state index >= 15 is 0 Å². The molecule has 0 aliphatic carbocycles. The van der Waals surface area contributed by atoms with E-state index in [-0.39, 0.29) is 5.69 Å². The predicted octanol–water partition coefficient (Wildman–Crippen LogP) is 2.39. The number of rotatable bonds is 3. The van der Waals surface area contributed by atoms with E-state index in [1.54, 1.807) is 25.4 Å². The van der Waals surface area contributed by atoms with Crippen LogP contribution < -0.4 is 0 Å². The van der Waals surface area contributed by atoms with Gasteiger partial charge in [0, 0.05) is 23.3 Å². The summed E-state index contributed by atoms with van der Waals surface area (Å²) in [7, 11) is 0. The second-order valence-corrected chi connectivity index (χ2v) is 3.86. The zero-order chi connectivity index (χ0) is 13.2. The second-order valence-electron chi connectivity index (χ2n) is 3.86. The lowest BCUT2D eigenvalue weighted by Gasteiger charge is -1.97. The third kappa shape index (κ3) is 1.97. The van der Waals surface area contributed by atoms with Gasteiger partial charge in [-0.1, -0.05) is 0 Å². The summed E-state index contributed by atoms with van der Waals surface area (Å²) in [4.78, 5) is 22.9. The molecule has 96 valence electrons. The van der Waals surface area contributed by atoms with Crippen LogP contribution in [-0.4, -0.2) is 27.5 Å². The Bertz CT molecular complexity index is 729. The zero-order valence-corrected chi connectivity index (χ0v) is 10.2. The highest BCUT2D eigenvalue weighted by molar-refractivity contribution is 5.92. The molecule has 0 radical (unpaired) electrons. The molecule has 0 bridgehead atoms. The summed E-state index contributed by atoms with van der Waals surface area (Å²) in [6, 6.07) is 3.67. The van der Waals surface area contributed by atoms with Crippen molar-refractivity contribution in [2.75, 3.05) is 6.61 Å². The van der Waals surface area contributed by atoms with Crippen LogP contribution in [0.2, 0.25) is 0 Å². The number of aromatic nitrogens is 3. The normalized spacial score (nSPS) is 10.8. The lowest BCUT2D eigenvalue weighted by Crippen LogP contribution is -2.04. The van der Waals surface area contributed by atoms with Gasteiger partial charge in [0.05, 0.1) is 6.61 Å². The summed E-state index contributed by atoms with van der Waals surface area (Å²) in [6.07, 6.45) is 4.74. The molecule has 0 amide bonds. The van der Waals surface area contributed by atoms with Crippen LogP contribution in [0.5, 0.6) is 0 Å². The summed E-state index contributed by atoms with van der Waals surface area (Å²) >= 11 is 0. The SMILES string of the molecule is CCOC(=O)c1coc(-c2ccnc3[nH]ccc23)n1. The minimum Gasteiger partial charge on any atom is -0.461 e. The smallest absolute Gasteiger partial charge is 0.360 e. The van der Waals surface area contributed by atoms with Crippen molar-refractivity contribution in [3.63, 3.8) is 0 Å². The van der Waals surface area contributed by atoms with Gasteiger partial charge in [0.2, 0.25) is 5.89 Å². The lowest BCUT2D eigenvalue weighted by atomic mass is 10.2. The van der Waals surface area contributed by atoms with Crippen molar-refractivity contribution < 1.29 is 13.9 Å². The maximum atomic E-state index is 11.5. The van der Waals surface area contributed by atoms with Gasteiger partial charge in [-0.05, 0) is 19.1 Å². The molecule has 3 aromatic heterocycles. The fraction of sp³-hybridized carbons (Fsp3) is 0.154. The molecule has 0 aliphatic rings. The summed E-state index contributed by atoms with van der Waals surface area (Å²) in [5, 5.41) is 0.889. The highest BCUT2D eigenvalue weighted by Gasteiger charge is 2.16. The number of oxazole rings is 1. The van der Waals surface area contributed by atoms with E-state index in [0.717, 1.165) is 16.6 Å². The van der Waals surface area contributed by atoms with Crippen molar-refractivity contribution in [1.82, 2.24) is 15.0 Å². The van der Waals surface area contributed by atoms with Gasteiger partial charge in [-0.15, -0.1) is 0 Å². The largest absolute Gasteiger partial charge is 0.461 e. The van der Waals surface area contributed by atoms with Gasteiger partial charge < -0.3 is 14.1 Å². The van der Waals surface area contributed by atoms with E-state index in [1.165, 1.54) is 6.26 Å². The fourth-order valence-corrected chi connectivity index (χ4v) is 1.84. The molecule has 0 saturated heterocycles. The number of pyridine rings is 1. The molecule has 0 unspecified atom stereocenters. The Hall–Kier alpha value is -2.63. The quantitative estimate of drug-likeness (QED) is 0.728. The van der Waals surface area contributed by atoms with Crippen LogP contribution in [0.1, 0.15) is 17.4 Å². The molecule has 6 nitrogen and oxygen atoms in total. The van der Waals surface area contributed by atoms with Crippen LogP contribution in [0.4, 0.5) is 0 Å². The Kier molecular flexibility index (Phi) is 2.75. The molecule has 19 heavy (non-hydrogen) atoms. The van der Waals surface area contributed by atoms with Gasteiger partial charge in [-0.2, -0.15) is 0 Å². The second kappa shape index (κ2) is 4.56. The van der Waals surface area contributed by atoms with Crippen molar-refractivity contribution in [1.29, 1.82) is 0 Å². The Balaban J connectivity index is 2.03. The molecular formula is C13H11N3O3. The topological polar surface area (TPSA) is 81.0 Å². The number of fused-ring (bicyclic) bond motifs is 1. The first-order chi connectivity index (χ1) is 9.29. The van der Waals surface area contributed by atoms with Gasteiger partial charge in [0.25, 0.3) is 0 Å². The molecule has 0 saturated carbocycles. The highest BCUT2D eigenvalue weighted by Crippen LogP contribution is 2.26.